The third-order valence-corrected chi connectivity index (χ3v) is 2.39. The molecular formula is C11H7ClN2O. The number of nitrogens with one attached hydrogen (secondary N) is 1. The van der Waals surface area contributed by atoms with Crippen molar-refractivity contribution in [2.75, 3.05) is 0 Å². The van der Waals surface area contributed by atoms with Gasteiger partial charge in [0.15, 0.2) is 0 Å². The Hall–Kier alpha value is -1.79. The van der Waals surface area contributed by atoms with Crippen molar-refractivity contribution in [2.24, 2.45) is 0 Å². The van der Waals surface area contributed by atoms with Crippen LogP contribution in [0.1, 0.15) is 5.56 Å². The summed E-state index contributed by atoms with van der Waals surface area (Å²) >= 11 is 5.80. The van der Waals surface area contributed by atoms with Crippen molar-refractivity contribution >= 4 is 22.5 Å². The Morgan fingerprint density at radius 1 is 1.40 bits per heavy atom. The standard InChI is InChI=1S/C11H7ClN2O/c12-9-2-1-7-5-8(3-4-13)11(15)14-10(7)6-9/h1-2,5-6H,3H2,(H,14,15). The average Bonchev–Trinajstić information content (AvgIpc) is 2.20. The van der Waals surface area contributed by atoms with Crippen LogP contribution in [0.5, 0.6) is 0 Å². The quantitative estimate of drug-likeness (QED) is 0.798. The molecule has 1 aromatic heterocycles. The van der Waals surface area contributed by atoms with Crippen LogP contribution < -0.4 is 5.56 Å². The van der Waals surface area contributed by atoms with E-state index < -0.39 is 0 Å². The number of aromatic amines is 1. The molecule has 0 atom stereocenters. The molecule has 0 fully saturated rings. The molecule has 0 saturated carbocycles. The number of pyridine rings is 1. The molecule has 4 heteroatoms. The first-order valence-corrected chi connectivity index (χ1v) is 4.77. The summed E-state index contributed by atoms with van der Waals surface area (Å²) < 4.78 is 0. The van der Waals surface area contributed by atoms with Gasteiger partial charge in [-0.05, 0) is 23.6 Å². The fourth-order valence-corrected chi connectivity index (χ4v) is 1.61. The number of aromatic nitrogens is 1. The van der Waals surface area contributed by atoms with Gasteiger partial charge in [-0.25, -0.2) is 0 Å². The van der Waals surface area contributed by atoms with Crippen LogP contribution in [-0.2, 0) is 6.42 Å². The number of hydrogen-bond donors (Lipinski definition) is 1. The van der Waals surface area contributed by atoms with Crippen molar-refractivity contribution in [3.8, 4) is 6.07 Å². The molecule has 3 nitrogen and oxygen atoms in total. The van der Waals surface area contributed by atoms with E-state index in [0.717, 1.165) is 5.39 Å². The van der Waals surface area contributed by atoms with Gasteiger partial charge in [-0.15, -0.1) is 0 Å². The van der Waals surface area contributed by atoms with Crippen LogP contribution in [0, 0.1) is 11.3 Å². The van der Waals surface area contributed by atoms with E-state index in [9.17, 15) is 4.79 Å². The summed E-state index contributed by atoms with van der Waals surface area (Å²) in [6, 6.07) is 8.92. The molecule has 0 bridgehead atoms. The first-order valence-electron chi connectivity index (χ1n) is 4.39. The molecule has 1 N–H and O–H groups in total. The van der Waals surface area contributed by atoms with Crippen LogP contribution >= 0.6 is 11.6 Å². The average molecular weight is 219 g/mol. The van der Waals surface area contributed by atoms with Gasteiger partial charge in [-0.2, -0.15) is 5.26 Å². The summed E-state index contributed by atoms with van der Waals surface area (Å²) in [4.78, 5) is 14.2. The van der Waals surface area contributed by atoms with E-state index >= 15 is 0 Å². The molecule has 0 unspecified atom stereocenters. The fraction of sp³-hybridized carbons (Fsp3) is 0.0909. The second kappa shape index (κ2) is 3.76. The predicted molar refractivity (Wildman–Crippen MR) is 58.9 cm³/mol. The Labute approximate surface area is 90.9 Å². The molecule has 0 radical (unpaired) electrons. The van der Waals surface area contributed by atoms with E-state index in [4.69, 9.17) is 16.9 Å². The molecule has 0 aliphatic carbocycles. The maximum Gasteiger partial charge on any atom is 0.252 e. The van der Waals surface area contributed by atoms with Crippen molar-refractivity contribution in [3.63, 3.8) is 0 Å². The van der Waals surface area contributed by atoms with Crippen LogP contribution in [-0.4, -0.2) is 4.98 Å². The molecule has 0 amide bonds. The van der Waals surface area contributed by atoms with Gasteiger partial charge in [-0.3, -0.25) is 4.79 Å². The van der Waals surface area contributed by atoms with E-state index in [0.29, 0.717) is 16.1 Å². The van der Waals surface area contributed by atoms with E-state index in [1.54, 1.807) is 18.2 Å². The van der Waals surface area contributed by atoms with Gasteiger partial charge in [0, 0.05) is 16.1 Å². The molecule has 0 aliphatic heterocycles. The van der Waals surface area contributed by atoms with Gasteiger partial charge in [0.2, 0.25) is 0 Å². The highest BCUT2D eigenvalue weighted by molar-refractivity contribution is 6.31. The number of rotatable bonds is 1. The second-order valence-corrected chi connectivity index (χ2v) is 3.63. The topological polar surface area (TPSA) is 56.6 Å². The summed E-state index contributed by atoms with van der Waals surface area (Å²) in [5.74, 6) is 0. The third-order valence-electron chi connectivity index (χ3n) is 2.15. The maximum absolute atomic E-state index is 11.5. The lowest BCUT2D eigenvalue weighted by atomic mass is 10.1. The summed E-state index contributed by atoms with van der Waals surface area (Å²) in [6.07, 6.45) is 0.119. The number of fused-ring (bicyclic) bond motifs is 1. The van der Waals surface area contributed by atoms with E-state index in [1.165, 1.54) is 0 Å². The zero-order chi connectivity index (χ0) is 10.8. The van der Waals surface area contributed by atoms with Crippen LogP contribution in [0.4, 0.5) is 0 Å². The minimum absolute atomic E-state index is 0.119. The Morgan fingerprint density at radius 3 is 2.93 bits per heavy atom. The Balaban J connectivity index is 2.72. The summed E-state index contributed by atoms with van der Waals surface area (Å²) in [5, 5.41) is 9.99. The molecule has 0 spiro atoms. The lowest BCUT2D eigenvalue weighted by molar-refractivity contribution is 1.16. The zero-order valence-corrected chi connectivity index (χ0v) is 8.51. The SMILES string of the molecule is N#CCc1cc2ccc(Cl)cc2[nH]c1=O. The highest BCUT2D eigenvalue weighted by Gasteiger charge is 2.02. The monoisotopic (exact) mass is 218 g/mol. The number of nitriles is 1. The summed E-state index contributed by atoms with van der Waals surface area (Å²) in [6.45, 7) is 0. The van der Waals surface area contributed by atoms with Crippen molar-refractivity contribution in [1.82, 2.24) is 4.98 Å². The maximum atomic E-state index is 11.5. The third kappa shape index (κ3) is 1.85. The molecule has 0 aliphatic rings. The molecule has 1 heterocycles. The fourth-order valence-electron chi connectivity index (χ4n) is 1.43. The lowest BCUT2D eigenvalue weighted by Crippen LogP contribution is -2.11. The first-order chi connectivity index (χ1) is 7.20. The van der Waals surface area contributed by atoms with Crippen LogP contribution in [0.25, 0.3) is 10.9 Å². The molecule has 74 valence electrons. The van der Waals surface area contributed by atoms with E-state index in [1.807, 2.05) is 12.1 Å². The first kappa shape index (κ1) is 9.75. The number of nitrogens with zero attached hydrogens (tertiary/aromatic N) is 1. The smallest absolute Gasteiger partial charge is 0.252 e. The number of halogens is 1. The number of benzene rings is 1. The molecule has 0 saturated heterocycles. The molecule has 1 aromatic carbocycles. The van der Waals surface area contributed by atoms with E-state index in [-0.39, 0.29) is 12.0 Å². The van der Waals surface area contributed by atoms with Crippen molar-refractivity contribution in [3.05, 3.63) is 45.2 Å². The summed E-state index contributed by atoms with van der Waals surface area (Å²) in [7, 11) is 0. The van der Waals surface area contributed by atoms with Crippen LogP contribution in [0.2, 0.25) is 5.02 Å². The summed E-state index contributed by atoms with van der Waals surface area (Å²) in [5.41, 5.74) is 0.938. The number of hydrogen-bond acceptors (Lipinski definition) is 2. The predicted octanol–water partition coefficient (Wildman–Crippen LogP) is 2.25. The van der Waals surface area contributed by atoms with Gasteiger partial charge in [0.1, 0.15) is 0 Å². The Bertz CT molecular complexity index is 610. The highest BCUT2D eigenvalue weighted by atomic mass is 35.5. The Morgan fingerprint density at radius 2 is 2.20 bits per heavy atom. The lowest BCUT2D eigenvalue weighted by Gasteiger charge is -2.00. The van der Waals surface area contributed by atoms with Crippen LogP contribution in [0.3, 0.4) is 0 Å². The molecule has 15 heavy (non-hydrogen) atoms. The normalized spacial score (nSPS) is 10.1. The van der Waals surface area contributed by atoms with Gasteiger partial charge in [0.25, 0.3) is 5.56 Å². The second-order valence-electron chi connectivity index (χ2n) is 3.19. The highest BCUT2D eigenvalue weighted by Crippen LogP contribution is 2.16. The minimum atomic E-state index is -0.230. The zero-order valence-electron chi connectivity index (χ0n) is 7.75. The largest absolute Gasteiger partial charge is 0.322 e. The van der Waals surface area contributed by atoms with Gasteiger partial charge < -0.3 is 4.98 Å². The number of H-pyrrole nitrogens is 1. The van der Waals surface area contributed by atoms with Gasteiger partial charge in [-0.1, -0.05) is 17.7 Å². The van der Waals surface area contributed by atoms with Crippen molar-refractivity contribution < 1.29 is 0 Å². The minimum Gasteiger partial charge on any atom is -0.322 e. The molecular weight excluding hydrogens is 212 g/mol. The molecule has 2 aromatic rings. The Kier molecular flexibility index (Phi) is 2.44. The van der Waals surface area contributed by atoms with E-state index in [2.05, 4.69) is 4.98 Å². The van der Waals surface area contributed by atoms with Crippen molar-refractivity contribution in [2.45, 2.75) is 6.42 Å². The van der Waals surface area contributed by atoms with Gasteiger partial charge >= 0.3 is 0 Å². The van der Waals surface area contributed by atoms with Crippen LogP contribution in [0.15, 0.2) is 29.1 Å². The molecule has 2 rings (SSSR count). The van der Waals surface area contributed by atoms with Crippen molar-refractivity contribution in [1.29, 1.82) is 5.26 Å². The van der Waals surface area contributed by atoms with Gasteiger partial charge in [0.05, 0.1) is 12.5 Å².